The molecule has 0 bridgehead atoms. The van der Waals surface area contributed by atoms with Crippen LogP contribution in [0, 0.1) is 5.82 Å². The van der Waals surface area contributed by atoms with Crippen LogP contribution in [0.4, 0.5) is 16.0 Å². The number of hydrogen-bond acceptors (Lipinski definition) is 6. The molecule has 1 aliphatic heterocycles. The van der Waals surface area contributed by atoms with Gasteiger partial charge in [0.2, 0.25) is 5.91 Å². The SMILES string of the molecule is CC1(c2ccc(F)cc2)C(=O)Nc2nc(-c3cn4ccnc4cn3)nc(N)c21. The third-order valence-electron chi connectivity index (χ3n) is 5.05. The molecule has 1 unspecified atom stereocenters. The first-order valence-corrected chi connectivity index (χ1v) is 8.51. The summed E-state index contributed by atoms with van der Waals surface area (Å²) in [6.07, 6.45) is 6.78. The van der Waals surface area contributed by atoms with E-state index in [2.05, 4.69) is 25.3 Å². The van der Waals surface area contributed by atoms with Crippen molar-refractivity contribution in [2.45, 2.75) is 12.3 Å². The van der Waals surface area contributed by atoms with Crippen LogP contribution >= 0.6 is 0 Å². The van der Waals surface area contributed by atoms with Gasteiger partial charge in [-0.1, -0.05) is 12.1 Å². The highest BCUT2D eigenvalue weighted by Crippen LogP contribution is 2.44. The lowest BCUT2D eigenvalue weighted by Gasteiger charge is -2.23. The molecule has 0 aliphatic carbocycles. The summed E-state index contributed by atoms with van der Waals surface area (Å²) < 4.78 is 15.1. The Bertz CT molecular complexity index is 1250. The third-order valence-corrected chi connectivity index (χ3v) is 5.05. The van der Waals surface area contributed by atoms with Crippen molar-refractivity contribution in [1.82, 2.24) is 24.3 Å². The highest BCUT2D eigenvalue weighted by Gasteiger charge is 2.47. The van der Waals surface area contributed by atoms with Gasteiger partial charge in [0, 0.05) is 18.6 Å². The summed E-state index contributed by atoms with van der Waals surface area (Å²) in [5.41, 5.74) is 7.38. The maximum absolute atomic E-state index is 13.3. The van der Waals surface area contributed by atoms with Gasteiger partial charge in [0.1, 0.15) is 28.6 Å². The molecule has 138 valence electrons. The molecule has 1 aromatic carbocycles. The summed E-state index contributed by atoms with van der Waals surface area (Å²) in [4.78, 5) is 30.1. The predicted octanol–water partition coefficient (Wildman–Crippen LogP) is 2.17. The molecular formula is C19H14FN7O. The molecule has 0 radical (unpaired) electrons. The number of nitrogens with zero attached hydrogens (tertiary/aromatic N) is 5. The van der Waals surface area contributed by atoms with E-state index >= 15 is 0 Å². The zero-order chi connectivity index (χ0) is 19.5. The maximum Gasteiger partial charge on any atom is 0.240 e. The first kappa shape index (κ1) is 16.3. The summed E-state index contributed by atoms with van der Waals surface area (Å²) in [5, 5.41) is 2.77. The van der Waals surface area contributed by atoms with E-state index in [1.165, 1.54) is 12.1 Å². The molecule has 3 N–H and O–H groups in total. The number of imidazole rings is 1. The fraction of sp³-hybridized carbons (Fsp3) is 0.105. The van der Waals surface area contributed by atoms with E-state index in [4.69, 9.17) is 5.73 Å². The van der Waals surface area contributed by atoms with E-state index in [0.29, 0.717) is 28.3 Å². The van der Waals surface area contributed by atoms with Gasteiger partial charge >= 0.3 is 0 Å². The first-order valence-electron chi connectivity index (χ1n) is 8.51. The van der Waals surface area contributed by atoms with Crippen LogP contribution < -0.4 is 11.1 Å². The molecule has 0 spiro atoms. The van der Waals surface area contributed by atoms with Crippen LogP contribution in [-0.4, -0.2) is 30.2 Å². The van der Waals surface area contributed by atoms with Crippen molar-refractivity contribution in [2.24, 2.45) is 0 Å². The van der Waals surface area contributed by atoms with Crippen molar-refractivity contribution in [3.8, 4) is 11.5 Å². The Hall–Kier alpha value is -3.88. The molecule has 1 amide bonds. The van der Waals surface area contributed by atoms with Gasteiger partial charge in [0.15, 0.2) is 11.5 Å². The summed E-state index contributed by atoms with van der Waals surface area (Å²) in [7, 11) is 0. The smallest absolute Gasteiger partial charge is 0.240 e. The number of carbonyl (C=O) groups excluding carboxylic acids is 1. The number of benzene rings is 1. The number of fused-ring (bicyclic) bond motifs is 2. The molecule has 4 heterocycles. The quantitative estimate of drug-likeness (QED) is 0.555. The van der Waals surface area contributed by atoms with Crippen molar-refractivity contribution in [3.63, 3.8) is 0 Å². The van der Waals surface area contributed by atoms with Crippen molar-refractivity contribution in [1.29, 1.82) is 0 Å². The van der Waals surface area contributed by atoms with Gasteiger partial charge in [-0.25, -0.2) is 24.3 Å². The highest BCUT2D eigenvalue weighted by molar-refractivity contribution is 6.09. The molecule has 1 atom stereocenters. The van der Waals surface area contributed by atoms with Crippen LogP contribution in [0.25, 0.3) is 17.2 Å². The number of amides is 1. The number of anilines is 2. The number of nitrogens with one attached hydrogen (secondary N) is 1. The number of carbonyl (C=O) groups is 1. The van der Waals surface area contributed by atoms with Crippen LogP contribution in [-0.2, 0) is 10.2 Å². The van der Waals surface area contributed by atoms with Crippen molar-refractivity contribution < 1.29 is 9.18 Å². The van der Waals surface area contributed by atoms with E-state index in [0.717, 1.165) is 0 Å². The molecular weight excluding hydrogens is 361 g/mol. The molecule has 3 aromatic heterocycles. The normalized spacial score (nSPS) is 18.3. The van der Waals surface area contributed by atoms with Crippen LogP contribution in [0.15, 0.2) is 49.1 Å². The van der Waals surface area contributed by atoms with E-state index in [1.54, 1.807) is 48.2 Å². The number of rotatable bonds is 2. The lowest BCUT2D eigenvalue weighted by molar-refractivity contribution is -0.119. The molecule has 0 fully saturated rings. The Morgan fingerprint density at radius 2 is 1.96 bits per heavy atom. The Morgan fingerprint density at radius 3 is 2.75 bits per heavy atom. The monoisotopic (exact) mass is 375 g/mol. The third kappa shape index (κ3) is 2.19. The molecule has 4 aromatic rings. The van der Waals surface area contributed by atoms with Crippen LogP contribution in [0.2, 0.25) is 0 Å². The second-order valence-corrected chi connectivity index (χ2v) is 6.71. The fourth-order valence-corrected chi connectivity index (χ4v) is 3.52. The number of aromatic nitrogens is 5. The second kappa shape index (κ2) is 5.56. The van der Waals surface area contributed by atoms with E-state index < -0.39 is 5.41 Å². The Balaban J connectivity index is 1.66. The average molecular weight is 375 g/mol. The zero-order valence-electron chi connectivity index (χ0n) is 14.7. The molecule has 0 saturated carbocycles. The van der Waals surface area contributed by atoms with E-state index in [9.17, 15) is 9.18 Å². The van der Waals surface area contributed by atoms with E-state index in [-0.39, 0.29) is 23.4 Å². The minimum atomic E-state index is -1.12. The van der Waals surface area contributed by atoms with Crippen molar-refractivity contribution in [2.75, 3.05) is 11.1 Å². The number of hydrogen-bond donors (Lipinski definition) is 2. The largest absolute Gasteiger partial charge is 0.383 e. The number of halogens is 1. The highest BCUT2D eigenvalue weighted by atomic mass is 19.1. The molecule has 0 saturated heterocycles. The minimum Gasteiger partial charge on any atom is -0.383 e. The van der Waals surface area contributed by atoms with Gasteiger partial charge in [-0.05, 0) is 24.6 Å². The number of nitrogens with two attached hydrogens (primary N) is 1. The summed E-state index contributed by atoms with van der Waals surface area (Å²) in [6, 6.07) is 5.74. The lowest BCUT2D eigenvalue weighted by Crippen LogP contribution is -2.33. The van der Waals surface area contributed by atoms with Crippen molar-refractivity contribution in [3.05, 3.63) is 66.0 Å². The molecule has 5 rings (SSSR count). The topological polar surface area (TPSA) is 111 Å². The van der Waals surface area contributed by atoms with Gasteiger partial charge in [-0.15, -0.1) is 0 Å². The fourth-order valence-electron chi connectivity index (χ4n) is 3.52. The lowest BCUT2D eigenvalue weighted by atomic mass is 9.78. The molecule has 28 heavy (non-hydrogen) atoms. The Labute approximate surface area is 158 Å². The Morgan fingerprint density at radius 1 is 1.18 bits per heavy atom. The van der Waals surface area contributed by atoms with Gasteiger partial charge in [-0.3, -0.25) is 4.79 Å². The van der Waals surface area contributed by atoms with Crippen molar-refractivity contribution >= 4 is 23.2 Å². The van der Waals surface area contributed by atoms with Crippen LogP contribution in [0.5, 0.6) is 0 Å². The van der Waals surface area contributed by atoms with Gasteiger partial charge in [-0.2, -0.15) is 0 Å². The minimum absolute atomic E-state index is 0.165. The van der Waals surface area contributed by atoms with E-state index in [1.807, 2.05) is 0 Å². The second-order valence-electron chi connectivity index (χ2n) is 6.71. The standard InChI is InChI=1S/C19H14FN7O/c1-19(10-2-4-11(20)5-3-10)14-15(21)24-16(25-17(14)26-18(19)28)12-9-27-7-6-22-13(27)8-23-12/h2-9H,1H3,(H3,21,24,25,26,28). The maximum atomic E-state index is 13.3. The summed E-state index contributed by atoms with van der Waals surface area (Å²) in [5.74, 6) is 0.0943. The van der Waals surface area contributed by atoms with Gasteiger partial charge < -0.3 is 15.5 Å². The summed E-state index contributed by atoms with van der Waals surface area (Å²) >= 11 is 0. The first-order chi connectivity index (χ1) is 13.5. The predicted molar refractivity (Wildman–Crippen MR) is 99.9 cm³/mol. The molecule has 9 heteroatoms. The Kier molecular flexibility index (Phi) is 3.24. The van der Waals surface area contributed by atoms with Crippen LogP contribution in [0.1, 0.15) is 18.1 Å². The number of nitrogen functional groups attached to an aromatic ring is 1. The molecule has 1 aliphatic rings. The van der Waals surface area contributed by atoms with Gasteiger partial charge in [0.05, 0.1) is 11.8 Å². The average Bonchev–Trinajstić information content (AvgIpc) is 3.25. The van der Waals surface area contributed by atoms with Crippen LogP contribution in [0.3, 0.4) is 0 Å². The molecule has 8 nitrogen and oxygen atoms in total. The zero-order valence-corrected chi connectivity index (χ0v) is 14.7. The summed E-state index contributed by atoms with van der Waals surface area (Å²) in [6.45, 7) is 1.72. The van der Waals surface area contributed by atoms with Gasteiger partial charge in [0.25, 0.3) is 0 Å².